The van der Waals surface area contributed by atoms with E-state index < -0.39 is 12.6 Å². The molecule has 1 aliphatic heterocycles. The number of hydrogen-bond acceptors (Lipinski definition) is 6. The fourth-order valence-corrected chi connectivity index (χ4v) is 2.19. The van der Waals surface area contributed by atoms with E-state index in [1.54, 1.807) is 19.1 Å². The van der Waals surface area contributed by atoms with E-state index >= 15 is 0 Å². The molecule has 0 N–H and O–H groups in total. The number of furan rings is 1. The highest BCUT2D eigenvalue weighted by Gasteiger charge is 2.25. The van der Waals surface area contributed by atoms with Gasteiger partial charge in [-0.2, -0.15) is 8.78 Å². The van der Waals surface area contributed by atoms with E-state index in [0.29, 0.717) is 17.1 Å². The maximum absolute atomic E-state index is 12.4. The zero-order valence-corrected chi connectivity index (χ0v) is 13.3. The summed E-state index contributed by atoms with van der Waals surface area (Å²) in [4.78, 5) is 16.0. The van der Waals surface area contributed by atoms with Crippen molar-refractivity contribution < 1.29 is 32.2 Å². The number of cyclic esters (lactones) is 1. The van der Waals surface area contributed by atoms with Crippen LogP contribution in [0.5, 0.6) is 11.5 Å². The summed E-state index contributed by atoms with van der Waals surface area (Å²) in [6, 6.07) is 7.57. The van der Waals surface area contributed by atoms with Crippen LogP contribution in [0.2, 0.25) is 0 Å². The van der Waals surface area contributed by atoms with Gasteiger partial charge in [0.05, 0.1) is 7.11 Å². The van der Waals surface area contributed by atoms with Gasteiger partial charge in [0.1, 0.15) is 11.5 Å². The molecule has 0 radical (unpaired) electrons. The Hall–Kier alpha value is -3.16. The van der Waals surface area contributed by atoms with Crippen molar-refractivity contribution in [3.63, 3.8) is 0 Å². The number of carbonyl (C=O) groups excluding carboxylic acids is 1. The van der Waals surface area contributed by atoms with Crippen molar-refractivity contribution in [1.82, 2.24) is 0 Å². The molecule has 25 heavy (non-hydrogen) atoms. The first kappa shape index (κ1) is 16.7. The van der Waals surface area contributed by atoms with Crippen LogP contribution in [-0.4, -0.2) is 25.6 Å². The Morgan fingerprint density at radius 3 is 2.64 bits per heavy atom. The van der Waals surface area contributed by atoms with Crippen LogP contribution < -0.4 is 9.47 Å². The highest BCUT2D eigenvalue weighted by molar-refractivity contribution is 6.12. The van der Waals surface area contributed by atoms with Gasteiger partial charge in [-0.15, -0.1) is 0 Å². The number of halogens is 2. The van der Waals surface area contributed by atoms with Gasteiger partial charge < -0.3 is 18.6 Å². The molecule has 0 spiro atoms. The molecule has 0 saturated heterocycles. The number of esters is 1. The monoisotopic (exact) mass is 349 g/mol. The first-order valence-electron chi connectivity index (χ1n) is 7.18. The minimum atomic E-state index is -2.98. The Labute approximate surface area is 141 Å². The lowest BCUT2D eigenvalue weighted by molar-refractivity contribution is -0.129. The molecule has 2 heterocycles. The smallest absolute Gasteiger partial charge is 0.387 e. The van der Waals surface area contributed by atoms with E-state index in [9.17, 15) is 13.6 Å². The fourth-order valence-electron chi connectivity index (χ4n) is 2.19. The number of alkyl halides is 2. The van der Waals surface area contributed by atoms with Crippen LogP contribution in [0, 0.1) is 6.92 Å². The zero-order chi connectivity index (χ0) is 18.0. The number of rotatable bonds is 5. The standard InChI is InChI=1S/C17H13F2NO5/c1-9-3-5-11(23-9)8-12-16(21)25-15(20-12)10-4-6-13(24-17(18)19)14(7-10)22-2/h3-8,17H,1-2H3/b12-8-. The van der Waals surface area contributed by atoms with Crippen LogP contribution in [0.25, 0.3) is 6.08 Å². The Bertz CT molecular complexity index is 870. The molecule has 0 saturated carbocycles. The second kappa shape index (κ2) is 6.76. The van der Waals surface area contributed by atoms with Gasteiger partial charge in [-0.25, -0.2) is 9.79 Å². The number of methoxy groups -OCH3 is 1. The third-order valence-corrected chi connectivity index (χ3v) is 3.29. The zero-order valence-electron chi connectivity index (χ0n) is 13.3. The molecular formula is C17H13F2NO5. The fraction of sp³-hybridized carbons (Fsp3) is 0.176. The summed E-state index contributed by atoms with van der Waals surface area (Å²) in [7, 11) is 1.31. The van der Waals surface area contributed by atoms with E-state index in [1.807, 2.05) is 0 Å². The molecule has 1 aliphatic rings. The van der Waals surface area contributed by atoms with Crippen LogP contribution in [0.3, 0.4) is 0 Å². The van der Waals surface area contributed by atoms with E-state index in [-0.39, 0.29) is 23.1 Å². The van der Waals surface area contributed by atoms with Gasteiger partial charge in [-0.05, 0) is 37.3 Å². The molecule has 1 aromatic heterocycles. The predicted molar refractivity (Wildman–Crippen MR) is 83.7 cm³/mol. The van der Waals surface area contributed by atoms with E-state index in [0.717, 1.165) is 0 Å². The van der Waals surface area contributed by atoms with Crippen LogP contribution >= 0.6 is 0 Å². The number of aliphatic imine (C=N–C) groups is 1. The lowest BCUT2D eigenvalue weighted by atomic mass is 10.2. The molecule has 6 nitrogen and oxygen atoms in total. The molecule has 0 bridgehead atoms. The van der Waals surface area contributed by atoms with Crippen molar-refractivity contribution in [2.45, 2.75) is 13.5 Å². The van der Waals surface area contributed by atoms with Crippen molar-refractivity contribution in [1.29, 1.82) is 0 Å². The first-order valence-corrected chi connectivity index (χ1v) is 7.18. The summed E-state index contributed by atoms with van der Waals surface area (Å²) in [6.07, 6.45) is 1.45. The Morgan fingerprint density at radius 2 is 2.00 bits per heavy atom. The van der Waals surface area contributed by atoms with Gasteiger partial charge in [-0.1, -0.05) is 0 Å². The molecular weight excluding hydrogens is 336 g/mol. The second-order valence-electron chi connectivity index (χ2n) is 5.03. The minimum Gasteiger partial charge on any atom is -0.493 e. The van der Waals surface area contributed by atoms with E-state index in [2.05, 4.69) is 9.73 Å². The summed E-state index contributed by atoms with van der Waals surface area (Å²) in [5.74, 6) is 0.482. The molecule has 130 valence electrons. The normalized spacial score (nSPS) is 15.5. The molecule has 3 rings (SSSR count). The van der Waals surface area contributed by atoms with Crippen molar-refractivity contribution in [3.8, 4) is 11.5 Å². The van der Waals surface area contributed by atoms with Gasteiger partial charge in [-0.3, -0.25) is 0 Å². The van der Waals surface area contributed by atoms with Crippen LogP contribution in [-0.2, 0) is 9.53 Å². The maximum atomic E-state index is 12.4. The van der Waals surface area contributed by atoms with E-state index in [1.165, 1.54) is 31.4 Å². The number of nitrogens with zero attached hydrogens (tertiary/aromatic N) is 1. The van der Waals surface area contributed by atoms with Gasteiger partial charge in [0.15, 0.2) is 17.2 Å². The van der Waals surface area contributed by atoms with Gasteiger partial charge in [0, 0.05) is 11.6 Å². The second-order valence-corrected chi connectivity index (χ2v) is 5.03. The third-order valence-electron chi connectivity index (χ3n) is 3.29. The van der Waals surface area contributed by atoms with Gasteiger partial charge in [0.2, 0.25) is 5.90 Å². The summed E-state index contributed by atoms with van der Waals surface area (Å²) in [6.45, 7) is -1.20. The topological polar surface area (TPSA) is 70.3 Å². The number of aryl methyl sites for hydroxylation is 1. The Balaban J connectivity index is 1.90. The Kier molecular flexibility index (Phi) is 4.51. The summed E-state index contributed by atoms with van der Waals surface area (Å²) in [5, 5.41) is 0. The van der Waals surface area contributed by atoms with Crippen molar-refractivity contribution in [2.24, 2.45) is 4.99 Å². The average molecular weight is 349 g/mol. The van der Waals surface area contributed by atoms with E-state index in [4.69, 9.17) is 13.9 Å². The summed E-state index contributed by atoms with van der Waals surface area (Å²) >= 11 is 0. The van der Waals surface area contributed by atoms with Gasteiger partial charge in [0.25, 0.3) is 0 Å². The molecule has 0 aliphatic carbocycles. The van der Waals surface area contributed by atoms with Crippen LogP contribution in [0.15, 0.2) is 45.4 Å². The number of ether oxygens (including phenoxy) is 3. The lowest BCUT2D eigenvalue weighted by Gasteiger charge is -2.10. The highest BCUT2D eigenvalue weighted by atomic mass is 19.3. The molecule has 2 aromatic rings. The van der Waals surface area contributed by atoms with Gasteiger partial charge >= 0.3 is 12.6 Å². The first-order chi connectivity index (χ1) is 12.0. The molecule has 0 amide bonds. The molecule has 0 unspecified atom stereocenters. The van der Waals surface area contributed by atoms with Crippen LogP contribution in [0.4, 0.5) is 8.78 Å². The number of carbonyl (C=O) groups is 1. The predicted octanol–water partition coefficient (Wildman–Crippen LogP) is 3.54. The quantitative estimate of drug-likeness (QED) is 0.610. The molecule has 0 fully saturated rings. The summed E-state index contributed by atoms with van der Waals surface area (Å²) < 4.78 is 44.6. The lowest BCUT2D eigenvalue weighted by Crippen LogP contribution is -2.07. The van der Waals surface area contributed by atoms with Crippen molar-refractivity contribution >= 4 is 17.9 Å². The number of benzene rings is 1. The summed E-state index contributed by atoms with van der Waals surface area (Å²) in [5.41, 5.74) is 0.446. The average Bonchev–Trinajstić information content (AvgIpc) is 3.14. The molecule has 8 heteroatoms. The van der Waals surface area contributed by atoms with Crippen LogP contribution in [0.1, 0.15) is 17.1 Å². The highest BCUT2D eigenvalue weighted by Crippen LogP contribution is 2.31. The minimum absolute atomic E-state index is 0.0291. The maximum Gasteiger partial charge on any atom is 0.387 e. The van der Waals surface area contributed by atoms with Crippen molar-refractivity contribution in [2.75, 3.05) is 7.11 Å². The Morgan fingerprint density at radius 1 is 1.20 bits per heavy atom. The number of hydrogen-bond donors (Lipinski definition) is 0. The third kappa shape index (κ3) is 3.68. The van der Waals surface area contributed by atoms with Crippen molar-refractivity contribution in [3.05, 3.63) is 53.1 Å². The largest absolute Gasteiger partial charge is 0.493 e. The molecule has 1 aromatic carbocycles. The molecule has 0 atom stereocenters. The SMILES string of the molecule is COc1cc(C2=N/C(=C\c3ccc(C)o3)C(=O)O2)ccc1OC(F)F.